The number of phenols is 1. The number of methoxy groups -OCH3 is 2. The Morgan fingerprint density at radius 2 is 1.66 bits per heavy atom. The average Bonchev–Trinajstić information content (AvgIpc) is 3.12. The van der Waals surface area contributed by atoms with Gasteiger partial charge in [-0.1, -0.05) is 0 Å². The van der Waals surface area contributed by atoms with E-state index in [2.05, 4.69) is 0 Å². The second-order valence-corrected chi connectivity index (χ2v) is 7.24. The van der Waals surface area contributed by atoms with Gasteiger partial charge in [0, 0.05) is 24.5 Å². The van der Waals surface area contributed by atoms with Gasteiger partial charge in [-0.05, 0) is 30.7 Å². The molecule has 0 saturated heterocycles. The molecule has 2 heterocycles. The van der Waals surface area contributed by atoms with Gasteiger partial charge in [0.2, 0.25) is 18.3 Å². The highest BCUT2D eigenvalue weighted by Crippen LogP contribution is 2.53. The van der Waals surface area contributed by atoms with Crippen LogP contribution in [-0.4, -0.2) is 42.8 Å². The molecule has 2 aromatic carbocycles. The molecule has 8 heteroatoms. The van der Waals surface area contributed by atoms with Crippen LogP contribution in [-0.2, 0) is 4.79 Å². The molecule has 29 heavy (non-hydrogen) atoms. The van der Waals surface area contributed by atoms with Crippen LogP contribution in [0.25, 0.3) is 0 Å². The Labute approximate surface area is 167 Å². The minimum atomic E-state index is -1.77. The maximum Gasteiger partial charge on any atom is 0.231 e. The third-order valence-electron chi connectivity index (χ3n) is 5.37. The van der Waals surface area contributed by atoms with E-state index in [1.165, 1.54) is 28.1 Å². The van der Waals surface area contributed by atoms with Gasteiger partial charge >= 0.3 is 0 Å². The van der Waals surface area contributed by atoms with Gasteiger partial charge < -0.3 is 33.9 Å². The number of hydrogen-bond acceptors (Lipinski definition) is 8. The lowest BCUT2D eigenvalue weighted by Gasteiger charge is -2.42. The highest BCUT2D eigenvalue weighted by Gasteiger charge is 2.50. The van der Waals surface area contributed by atoms with E-state index in [1.54, 1.807) is 24.3 Å². The first kappa shape index (κ1) is 19.2. The molecule has 0 aliphatic carbocycles. The molecule has 3 atom stereocenters. The Balaban J connectivity index is 1.98. The number of carbonyl (C=O) groups is 1. The topological polar surface area (TPSA) is 104 Å². The largest absolute Gasteiger partial charge is 0.502 e. The number of rotatable bonds is 4. The van der Waals surface area contributed by atoms with Crippen LogP contribution >= 0.6 is 0 Å². The molecule has 0 spiro atoms. The fourth-order valence-corrected chi connectivity index (χ4v) is 4.12. The van der Waals surface area contributed by atoms with Crippen LogP contribution in [0.3, 0.4) is 0 Å². The van der Waals surface area contributed by atoms with E-state index in [0.29, 0.717) is 28.4 Å². The van der Waals surface area contributed by atoms with E-state index < -0.39 is 17.6 Å². The van der Waals surface area contributed by atoms with Gasteiger partial charge in [0.1, 0.15) is 11.5 Å². The third-order valence-corrected chi connectivity index (χ3v) is 5.37. The van der Waals surface area contributed by atoms with Crippen molar-refractivity contribution in [1.82, 2.24) is 0 Å². The number of ether oxygens (including phenoxy) is 5. The number of ketones is 1. The smallest absolute Gasteiger partial charge is 0.231 e. The van der Waals surface area contributed by atoms with Crippen LogP contribution < -0.4 is 23.7 Å². The molecule has 8 nitrogen and oxygen atoms in total. The van der Waals surface area contributed by atoms with Crippen molar-refractivity contribution in [2.75, 3.05) is 21.0 Å². The van der Waals surface area contributed by atoms with Crippen LogP contribution in [0.2, 0.25) is 0 Å². The first-order valence-corrected chi connectivity index (χ1v) is 9.07. The summed E-state index contributed by atoms with van der Waals surface area (Å²) in [5.41, 5.74) is 1.26. The summed E-state index contributed by atoms with van der Waals surface area (Å²) in [4.78, 5) is 12.6. The van der Waals surface area contributed by atoms with Crippen molar-refractivity contribution >= 4 is 5.78 Å². The molecule has 0 saturated carbocycles. The number of phenolic OH excluding ortho intramolecular Hbond substituents is 1. The van der Waals surface area contributed by atoms with E-state index >= 15 is 0 Å². The maximum atomic E-state index is 12.6. The lowest BCUT2D eigenvalue weighted by molar-refractivity contribution is -0.181. The number of fused-ring (bicyclic) bond motifs is 2. The zero-order chi connectivity index (χ0) is 20.9. The quantitative estimate of drug-likeness (QED) is 0.804. The number of aromatic hydroxyl groups is 1. The van der Waals surface area contributed by atoms with Crippen molar-refractivity contribution in [3.05, 3.63) is 35.4 Å². The normalized spacial score (nSPS) is 24.4. The van der Waals surface area contributed by atoms with E-state index in [9.17, 15) is 15.0 Å². The molecule has 154 valence electrons. The number of hydrogen-bond donors (Lipinski definition) is 2. The van der Waals surface area contributed by atoms with Gasteiger partial charge in [-0.15, -0.1) is 0 Å². The van der Waals surface area contributed by atoms with Gasteiger partial charge in [0.05, 0.1) is 20.1 Å². The van der Waals surface area contributed by atoms with Gasteiger partial charge in [-0.3, -0.25) is 4.79 Å². The summed E-state index contributed by atoms with van der Waals surface area (Å²) in [6.45, 7) is 2.94. The van der Waals surface area contributed by atoms with Crippen molar-refractivity contribution in [2.24, 2.45) is 5.92 Å². The molecule has 0 amide bonds. The molecule has 2 aliphatic heterocycles. The minimum absolute atomic E-state index is 0.0796. The molecule has 0 aromatic heterocycles. The fraction of sp³-hybridized carbons (Fsp3) is 0.381. The Morgan fingerprint density at radius 1 is 1.07 bits per heavy atom. The molecule has 2 aromatic rings. The Kier molecular flexibility index (Phi) is 4.46. The maximum absolute atomic E-state index is 12.6. The summed E-state index contributed by atoms with van der Waals surface area (Å²) in [6.07, 6.45) is 0. The summed E-state index contributed by atoms with van der Waals surface area (Å²) in [6, 6.07) is 6.63. The minimum Gasteiger partial charge on any atom is -0.502 e. The molecule has 0 bridgehead atoms. The second kappa shape index (κ2) is 6.73. The van der Waals surface area contributed by atoms with E-state index in [-0.39, 0.29) is 29.8 Å². The highest BCUT2D eigenvalue weighted by atomic mass is 16.7. The van der Waals surface area contributed by atoms with Crippen molar-refractivity contribution < 1.29 is 38.7 Å². The lowest BCUT2D eigenvalue weighted by Crippen LogP contribution is -2.50. The van der Waals surface area contributed by atoms with Gasteiger partial charge in [-0.25, -0.2) is 0 Å². The van der Waals surface area contributed by atoms with Crippen LogP contribution in [0, 0.1) is 5.92 Å². The number of carbonyl (C=O) groups excluding carboxylic acids is 1. The number of Topliss-reactive ketones (excluding diaryl/α,β-unsaturated/α-hetero) is 1. The number of aliphatic hydroxyl groups is 1. The standard InChI is InChI=1S/C21H22O8/c1-10(22)19-18(11-5-16(25-3)20(23)17(6-11)26-4)12-7-14-15(28-9-27-14)8-13(12)29-21(19,2)24/h5-8,18-19,23-24H,9H2,1-4H3/t18-,19+,21?/m1/s1. The van der Waals surface area contributed by atoms with Crippen LogP contribution in [0.4, 0.5) is 0 Å². The van der Waals surface area contributed by atoms with Gasteiger partial charge in [0.15, 0.2) is 23.0 Å². The predicted molar refractivity (Wildman–Crippen MR) is 101 cm³/mol. The predicted octanol–water partition coefficient (Wildman–Crippen LogP) is 2.58. The average molecular weight is 402 g/mol. The van der Waals surface area contributed by atoms with Gasteiger partial charge in [0.25, 0.3) is 0 Å². The van der Waals surface area contributed by atoms with Crippen LogP contribution in [0.15, 0.2) is 24.3 Å². The molecule has 1 unspecified atom stereocenters. The summed E-state index contributed by atoms with van der Waals surface area (Å²) in [5.74, 6) is -1.91. The number of benzene rings is 2. The molecule has 0 fully saturated rings. The monoisotopic (exact) mass is 402 g/mol. The van der Waals surface area contributed by atoms with E-state index in [0.717, 1.165) is 0 Å². The zero-order valence-corrected chi connectivity index (χ0v) is 16.5. The lowest BCUT2D eigenvalue weighted by atomic mass is 9.72. The van der Waals surface area contributed by atoms with Crippen LogP contribution in [0.5, 0.6) is 34.5 Å². The van der Waals surface area contributed by atoms with Crippen molar-refractivity contribution in [3.8, 4) is 34.5 Å². The zero-order valence-electron chi connectivity index (χ0n) is 16.5. The van der Waals surface area contributed by atoms with Crippen LogP contribution in [0.1, 0.15) is 30.9 Å². The van der Waals surface area contributed by atoms with Crippen molar-refractivity contribution in [2.45, 2.75) is 25.6 Å². The fourth-order valence-electron chi connectivity index (χ4n) is 4.12. The summed E-state index contributed by atoms with van der Waals surface area (Å²) < 4.78 is 27.2. The Hall–Kier alpha value is -3.13. The highest BCUT2D eigenvalue weighted by molar-refractivity contribution is 5.82. The SMILES string of the molecule is COc1cc([C@@H]2c3cc4c(cc3OC(C)(O)[C@H]2C(C)=O)OCO4)cc(OC)c1O. The first-order valence-electron chi connectivity index (χ1n) is 9.07. The second-order valence-electron chi connectivity index (χ2n) is 7.24. The summed E-state index contributed by atoms with van der Waals surface area (Å²) in [7, 11) is 2.85. The van der Waals surface area contributed by atoms with Crippen molar-refractivity contribution in [3.63, 3.8) is 0 Å². The van der Waals surface area contributed by atoms with Crippen molar-refractivity contribution in [1.29, 1.82) is 0 Å². The first-order chi connectivity index (χ1) is 13.8. The third kappa shape index (κ3) is 3.00. The van der Waals surface area contributed by atoms with Gasteiger partial charge in [-0.2, -0.15) is 0 Å². The Morgan fingerprint density at radius 3 is 2.21 bits per heavy atom. The Bertz CT molecular complexity index is 956. The summed E-state index contributed by atoms with van der Waals surface area (Å²) >= 11 is 0. The molecule has 4 rings (SSSR count). The van der Waals surface area contributed by atoms with E-state index in [1.807, 2.05) is 0 Å². The molecular formula is C21H22O8. The van der Waals surface area contributed by atoms with E-state index in [4.69, 9.17) is 23.7 Å². The molecule has 0 radical (unpaired) electrons. The molecule has 2 N–H and O–H groups in total. The molecular weight excluding hydrogens is 380 g/mol. The molecule has 2 aliphatic rings. The summed E-state index contributed by atoms with van der Waals surface area (Å²) in [5, 5.41) is 21.3.